The van der Waals surface area contributed by atoms with E-state index in [4.69, 9.17) is 0 Å². The zero-order valence-corrected chi connectivity index (χ0v) is 51.4. The molecule has 0 aliphatic carbocycles. The molecule has 0 amide bonds. The molecular formula is C85H70N4. The van der Waals surface area contributed by atoms with Crippen LogP contribution >= 0.6 is 0 Å². The van der Waals surface area contributed by atoms with E-state index in [9.17, 15) is 0 Å². The van der Waals surface area contributed by atoms with Crippen LogP contribution in [-0.2, 0) is 10.8 Å². The van der Waals surface area contributed by atoms with Gasteiger partial charge in [0.15, 0.2) is 0 Å². The Labute approximate surface area is 522 Å². The monoisotopic (exact) mass is 1150 g/mol. The van der Waals surface area contributed by atoms with E-state index >= 15 is 0 Å². The second-order valence-corrected chi connectivity index (χ2v) is 25.8. The summed E-state index contributed by atoms with van der Waals surface area (Å²) >= 11 is 0. The minimum Gasteiger partial charge on any atom is -0.337 e. The number of nitrogens with zero attached hydrogens (tertiary/aromatic N) is 4. The van der Waals surface area contributed by atoms with Crippen LogP contribution in [0.3, 0.4) is 0 Å². The molecule has 0 spiro atoms. The molecule has 2 heterocycles. The fourth-order valence-corrected chi connectivity index (χ4v) is 13.9. The van der Waals surface area contributed by atoms with Crippen molar-refractivity contribution in [3.05, 3.63) is 320 Å². The van der Waals surface area contributed by atoms with Gasteiger partial charge in [-0.05, 0) is 187 Å². The molecule has 0 N–H and O–H groups in total. The van der Waals surface area contributed by atoms with Crippen molar-refractivity contribution >= 4 is 111 Å². The maximum Gasteiger partial charge on any atom is 0.0543 e. The van der Waals surface area contributed by atoms with E-state index in [1.54, 1.807) is 0 Å². The van der Waals surface area contributed by atoms with E-state index in [0.717, 1.165) is 73.5 Å². The van der Waals surface area contributed by atoms with Crippen LogP contribution in [0, 0.1) is 0 Å². The van der Waals surface area contributed by atoms with Gasteiger partial charge in [-0.1, -0.05) is 224 Å². The van der Waals surface area contributed by atoms with E-state index in [0.29, 0.717) is 6.54 Å². The van der Waals surface area contributed by atoms with Gasteiger partial charge in [-0.3, -0.25) is 0 Å². The predicted octanol–water partition coefficient (Wildman–Crippen LogP) is 23.7. The van der Waals surface area contributed by atoms with E-state index in [1.807, 2.05) is 0 Å². The lowest BCUT2D eigenvalue weighted by molar-refractivity contribution is 0.595. The van der Waals surface area contributed by atoms with Crippen molar-refractivity contribution in [2.75, 3.05) is 21.2 Å². The highest BCUT2D eigenvalue weighted by Crippen LogP contribution is 2.52. The van der Waals surface area contributed by atoms with E-state index in [-0.39, 0.29) is 10.8 Å². The number of aromatic nitrogens is 1. The van der Waals surface area contributed by atoms with Crippen molar-refractivity contribution in [2.45, 2.75) is 52.4 Å². The Morgan fingerprint density at radius 3 is 1.38 bits per heavy atom. The Bertz CT molecular complexity index is 5040. The summed E-state index contributed by atoms with van der Waals surface area (Å²) < 4.78 is 2.38. The second-order valence-electron chi connectivity index (χ2n) is 25.8. The van der Waals surface area contributed by atoms with Crippen molar-refractivity contribution in [2.24, 2.45) is 0 Å². The number of hydrogen-bond acceptors (Lipinski definition) is 3. The normalized spacial score (nSPS) is 14.0. The molecule has 13 aromatic carbocycles. The van der Waals surface area contributed by atoms with E-state index in [2.05, 4.69) is 359 Å². The van der Waals surface area contributed by atoms with Gasteiger partial charge < -0.3 is 19.3 Å². The zero-order chi connectivity index (χ0) is 60.5. The van der Waals surface area contributed by atoms with Gasteiger partial charge in [0, 0.05) is 73.5 Å². The fourth-order valence-electron chi connectivity index (χ4n) is 13.9. The van der Waals surface area contributed by atoms with Gasteiger partial charge in [0.25, 0.3) is 0 Å². The first-order chi connectivity index (χ1) is 43.4. The molecular weight excluding hydrogens is 1080 g/mol. The molecule has 4 nitrogen and oxygen atoms in total. The molecule has 0 saturated heterocycles. The topological polar surface area (TPSA) is 14.7 Å². The lowest BCUT2D eigenvalue weighted by atomic mass is 9.77. The van der Waals surface area contributed by atoms with Crippen molar-refractivity contribution < 1.29 is 0 Å². The van der Waals surface area contributed by atoms with Crippen LogP contribution in [0.4, 0.5) is 45.5 Å². The first-order valence-electron chi connectivity index (χ1n) is 31.1. The molecule has 1 aliphatic rings. The molecule has 0 saturated carbocycles. The lowest BCUT2D eigenvalue weighted by Gasteiger charge is -2.33. The second kappa shape index (κ2) is 21.9. The number of hydrogen-bond donors (Lipinski definition) is 0. The third kappa shape index (κ3) is 9.73. The number of para-hydroxylation sites is 6. The maximum absolute atomic E-state index is 4.67. The number of rotatable bonds is 10. The molecule has 430 valence electrons. The van der Waals surface area contributed by atoms with Crippen molar-refractivity contribution in [1.82, 2.24) is 4.57 Å². The van der Waals surface area contributed by atoms with Crippen molar-refractivity contribution in [3.8, 4) is 16.8 Å². The molecule has 15 rings (SSSR count). The van der Waals surface area contributed by atoms with Gasteiger partial charge in [0.2, 0.25) is 0 Å². The Hall–Kier alpha value is -10.7. The van der Waals surface area contributed by atoms with Gasteiger partial charge in [0.05, 0.1) is 22.4 Å². The molecule has 0 radical (unpaired) electrons. The largest absolute Gasteiger partial charge is 0.337 e. The highest BCUT2D eigenvalue weighted by molar-refractivity contribution is 6.29. The van der Waals surface area contributed by atoms with Crippen molar-refractivity contribution in [3.63, 3.8) is 0 Å². The molecule has 89 heavy (non-hydrogen) atoms. The molecule has 0 atom stereocenters. The lowest BCUT2D eigenvalue weighted by Crippen LogP contribution is -2.18. The van der Waals surface area contributed by atoms with Gasteiger partial charge in [-0.15, -0.1) is 0 Å². The maximum atomic E-state index is 4.67. The first-order valence-corrected chi connectivity index (χ1v) is 31.1. The van der Waals surface area contributed by atoms with E-state index < -0.39 is 0 Å². The SMILES string of the molecule is C=C1/C=C(c2ccc(N(c3ccccc3)c3cc(C(C)(C)C)c4ccc5c(N(c6ccccc6)c6ccc(-c7ccc8c(c7)c7ccccc7n8-c7ccccc7)cc6)cc(C(C)(C)C)c6ccc3c4c56)cc2)\C=C/CN(c2ccccc2)c2ccccc21. The minimum atomic E-state index is -0.201. The Kier molecular flexibility index (Phi) is 13.5. The minimum absolute atomic E-state index is 0.198. The summed E-state index contributed by atoms with van der Waals surface area (Å²) in [5, 5.41) is 10.0. The van der Waals surface area contributed by atoms with Crippen LogP contribution in [0.25, 0.3) is 82.1 Å². The van der Waals surface area contributed by atoms with Crippen molar-refractivity contribution in [1.29, 1.82) is 0 Å². The summed E-state index contributed by atoms with van der Waals surface area (Å²) in [6, 6.07) is 101. The molecule has 14 aromatic rings. The third-order valence-corrected chi connectivity index (χ3v) is 18.1. The Balaban J connectivity index is 0.881. The van der Waals surface area contributed by atoms with Gasteiger partial charge >= 0.3 is 0 Å². The smallest absolute Gasteiger partial charge is 0.0543 e. The summed E-state index contributed by atoms with van der Waals surface area (Å²) in [4.78, 5) is 7.34. The predicted molar refractivity (Wildman–Crippen MR) is 383 cm³/mol. The molecule has 0 bridgehead atoms. The number of anilines is 8. The summed E-state index contributed by atoms with van der Waals surface area (Å²) in [7, 11) is 0. The third-order valence-electron chi connectivity index (χ3n) is 18.1. The highest BCUT2D eigenvalue weighted by Gasteiger charge is 2.30. The first kappa shape index (κ1) is 54.9. The zero-order valence-electron chi connectivity index (χ0n) is 51.4. The summed E-state index contributed by atoms with van der Waals surface area (Å²) in [6.45, 7) is 19.6. The summed E-state index contributed by atoms with van der Waals surface area (Å²) in [5.41, 5.74) is 21.4. The van der Waals surface area contributed by atoms with Crippen LogP contribution in [0.5, 0.6) is 0 Å². The molecule has 0 unspecified atom stereocenters. The number of allylic oxidation sites excluding steroid dienone is 4. The average Bonchev–Trinajstić information content (AvgIpc) is 1.20. The number of benzene rings is 13. The van der Waals surface area contributed by atoms with Crippen LogP contribution in [0.15, 0.2) is 298 Å². The molecule has 1 aliphatic heterocycles. The van der Waals surface area contributed by atoms with Crippen LogP contribution < -0.4 is 14.7 Å². The standard InChI is InChI=1S/C85H70N4/c1-57-53-60(25-24-52-86(62-26-12-8-13-27-62)77-36-22-20-34-68(57)77)58-38-43-66(44-39-58)87(63-28-14-9-15-29-63)80-55-75(84(2,3)4)70-48-50-73-81(56-76(85(5,6)7)71-47-49-72(80)82(70)83(71)73)88(64-30-16-10-17-31-64)67-45-40-59(41-46-67)61-42-51-79-74(54-61)69-35-21-23-37-78(69)89(79)65-32-18-11-19-33-65/h8-51,53-56H,1,52H2,2-7H3/b25-24-,60-53+. The van der Waals surface area contributed by atoms with Gasteiger partial charge in [0.1, 0.15) is 0 Å². The average molecular weight is 1150 g/mol. The molecule has 4 heteroatoms. The van der Waals surface area contributed by atoms with Crippen LogP contribution in [0.2, 0.25) is 0 Å². The summed E-state index contributed by atoms with van der Waals surface area (Å²) in [5.74, 6) is 0. The number of fused-ring (bicyclic) bond motifs is 4. The van der Waals surface area contributed by atoms with Crippen LogP contribution in [-0.4, -0.2) is 11.1 Å². The van der Waals surface area contributed by atoms with Crippen LogP contribution in [0.1, 0.15) is 63.8 Å². The molecule has 0 fully saturated rings. The van der Waals surface area contributed by atoms with Gasteiger partial charge in [-0.25, -0.2) is 0 Å². The highest BCUT2D eigenvalue weighted by atomic mass is 15.2. The van der Waals surface area contributed by atoms with Gasteiger partial charge in [-0.2, -0.15) is 0 Å². The Morgan fingerprint density at radius 2 is 0.820 bits per heavy atom. The summed E-state index contributed by atoms with van der Waals surface area (Å²) in [6.07, 6.45) is 6.78. The quantitative estimate of drug-likeness (QED) is 0.127. The van der Waals surface area contributed by atoms with E-state index in [1.165, 1.54) is 76.4 Å². The molecule has 1 aromatic heterocycles. The Morgan fingerprint density at radius 1 is 0.371 bits per heavy atom. The fraction of sp³-hybridized carbons (Fsp3) is 0.106.